The molecule has 0 fully saturated rings. The highest BCUT2D eigenvalue weighted by Crippen LogP contribution is 2.50. The van der Waals surface area contributed by atoms with Gasteiger partial charge in [-0.25, -0.2) is 0 Å². The first-order chi connectivity index (χ1) is 12.1. The maximum absolute atomic E-state index is 13.1. The summed E-state index contributed by atoms with van der Waals surface area (Å²) in [6, 6.07) is 11.1. The molecule has 0 bridgehead atoms. The highest BCUT2D eigenvalue weighted by Gasteiger charge is 2.52. The van der Waals surface area contributed by atoms with E-state index < -0.39 is 5.41 Å². The van der Waals surface area contributed by atoms with E-state index in [-0.39, 0.29) is 18.2 Å². The topological polar surface area (TPSA) is 83.2 Å². The molecule has 2 aromatic carbocycles. The SMILES string of the molecule is COc1ccc2c(c1)C1(CC(=O)Nc3cccc4[nH]cc1c34)C(=O)N2. The van der Waals surface area contributed by atoms with Gasteiger partial charge in [0.05, 0.1) is 12.8 Å². The van der Waals surface area contributed by atoms with Gasteiger partial charge in [-0.15, -0.1) is 0 Å². The molecule has 2 aliphatic heterocycles. The van der Waals surface area contributed by atoms with Crippen LogP contribution >= 0.6 is 0 Å². The summed E-state index contributed by atoms with van der Waals surface area (Å²) >= 11 is 0. The maximum Gasteiger partial charge on any atom is 0.240 e. The largest absolute Gasteiger partial charge is 0.497 e. The summed E-state index contributed by atoms with van der Waals surface area (Å²) in [5.74, 6) is 0.275. The molecule has 2 amide bonds. The molecule has 0 saturated carbocycles. The molecule has 2 aliphatic rings. The van der Waals surface area contributed by atoms with Crippen LogP contribution in [0.25, 0.3) is 10.9 Å². The first kappa shape index (κ1) is 14.1. The summed E-state index contributed by atoms with van der Waals surface area (Å²) in [6.45, 7) is 0. The molecule has 1 atom stereocenters. The fraction of sp³-hybridized carbons (Fsp3) is 0.158. The van der Waals surface area contributed by atoms with Crippen molar-refractivity contribution in [3.8, 4) is 5.75 Å². The van der Waals surface area contributed by atoms with Crippen molar-refractivity contribution in [2.24, 2.45) is 0 Å². The van der Waals surface area contributed by atoms with Gasteiger partial charge in [-0.1, -0.05) is 6.07 Å². The average Bonchev–Trinajstić information content (AvgIpc) is 3.11. The van der Waals surface area contributed by atoms with Crippen LogP contribution < -0.4 is 15.4 Å². The molecule has 3 N–H and O–H groups in total. The molecular weight excluding hydrogens is 318 g/mol. The second-order valence-electron chi connectivity index (χ2n) is 6.43. The first-order valence-electron chi connectivity index (χ1n) is 8.04. The third-order valence-corrected chi connectivity index (χ3v) is 5.19. The number of benzene rings is 2. The molecule has 25 heavy (non-hydrogen) atoms. The minimum Gasteiger partial charge on any atom is -0.497 e. The van der Waals surface area contributed by atoms with Crippen molar-refractivity contribution in [2.75, 3.05) is 17.7 Å². The van der Waals surface area contributed by atoms with Crippen molar-refractivity contribution < 1.29 is 14.3 Å². The van der Waals surface area contributed by atoms with E-state index in [1.165, 1.54) is 0 Å². The second kappa shape index (κ2) is 4.63. The van der Waals surface area contributed by atoms with Crippen LogP contribution in [0.4, 0.5) is 11.4 Å². The van der Waals surface area contributed by atoms with Gasteiger partial charge in [-0.2, -0.15) is 0 Å². The Morgan fingerprint density at radius 1 is 1.04 bits per heavy atom. The normalized spacial score (nSPS) is 21.0. The average molecular weight is 333 g/mol. The van der Waals surface area contributed by atoms with Crippen molar-refractivity contribution in [3.63, 3.8) is 0 Å². The zero-order valence-electron chi connectivity index (χ0n) is 13.5. The fourth-order valence-electron chi connectivity index (χ4n) is 4.06. The van der Waals surface area contributed by atoms with Gasteiger partial charge >= 0.3 is 0 Å². The van der Waals surface area contributed by atoms with Crippen molar-refractivity contribution in [1.29, 1.82) is 0 Å². The molecule has 5 rings (SSSR count). The second-order valence-corrected chi connectivity index (χ2v) is 6.43. The third-order valence-electron chi connectivity index (χ3n) is 5.19. The van der Waals surface area contributed by atoms with E-state index in [4.69, 9.17) is 4.74 Å². The maximum atomic E-state index is 13.1. The number of hydrogen-bond donors (Lipinski definition) is 3. The first-order valence-corrected chi connectivity index (χ1v) is 8.04. The van der Waals surface area contributed by atoms with Gasteiger partial charge in [0.1, 0.15) is 11.2 Å². The lowest BCUT2D eigenvalue weighted by Crippen LogP contribution is -2.38. The van der Waals surface area contributed by atoms with Gasteiger partial charge in [0.25, 0.3) is 0 Å². The molecule has 0 aliphatic carbocycles. The van der Waals surface area contributed by atoms with Crippen LogP contribution in [0.1, 0.15) is 17.5 Å². The van der Waals surface area contributed by atoms with Gasteiger partial charge in [-0.05, 0) is 35.9 Å². The minimum absolute atomic E-state index is 0.0423. The number of fused-ring (bicyclic) bond motifs is 3. The number of carbonyl (C=O) groups is 2. The van der Waals surface area contributed by atoms with E-state index in [1.54, 1.807) is 13.2 Å². The van der Waals surface area contributed by atoms with Crippen molar-refractivity contribution >= 4 is 34.1 Å². The lowest BCUT2D eigenvalue weighted by Gasteiger charge is -2.25. The molecule has 0 radical (unpaired) electrons. The predicted molar refractivity (Wildman–Crippen MR) is 93.9 cm³/mol. The van der Waals surface area contributed by atoms with Crippen molar-refractivity contribution in [2.45, 2.75) is 11.8 Å². The Balaban J connectivity index is 1.89. The number of anilines is 2. The molecule has 3 aromatic rings. The monoisotopic (exact) mass is 333 g/mol. The quantitative estimate of drug-likeness (QED) is 0.640. The van der Waals surface area contributed by atoms with Gasteiger partial charge < -0.3 is 20.4 Å². The number of methoxy groups -OCH3 is 1. The van der Waals surface area contributed by atoms with Crippen LogP contribution in [0.15, 0.2) is 42.6 Å². The van der Waals surface area contributed by atoms with Crippen LogP contribution in [-0.2, 0) is 15.0 Å². The molecule has 1 aromatic heterocycles. The Morgan fingerprint density at radius 3 is 2.76 bits per heavy atom. The summed E-state index contributed by atoms with van der Waals surface area (Å²) in [4.78, 5) is 29.0. The number of ether oxygens (including phenoxy) is 1. The van der Waals surface area contributed by atoms with Gasteiger partial charge in [0, 0.05) is 34.8 Å². The Hall–Kier alpha value is -3.28. The lowest BCUT2D eigenvalue weighted by atomic mass is 9.73. The molecule has 124 valence electrons. The van der Waals surface area contributed by atoms with E-state index in [1.807, 2.05) is 36.5 Å². The van der Waals surface area contributed by atoms with Crippen LogP contribution in [0.2, 0.25) is 0 Å². The number of amides is 2. The number of aromatic amines is 1. The number of rotatable bonds is 1. The predicted octanol–water partition coefficient (Wildman–Crippen LogP) is 2.76. The molecule has 3 heterocycles. The molecule has 1 unspecified atom stereocenters. The summed E-state index contributed by atoms with van der Waals surface area (Å²) in [7, 11) is 1.59. The van der Waals surface area contributed by atoms with Crippen LogP contribution in [0.3, 0.4) is 0 Å². The number of carbonyl (C=O) groups excluding carboxylic acids is 2. The van der Waals surface area contributed by atoms with E-state index in [0.29, 0.717) is 11.4 Å². The summed E-state index contributed by atoms with van der Waals surface area (Å²) < 4.78 is 5.34. The molecule has 6 heteroatoms. The summed E-state index contributed by atoms with van der Waals surface area (Å²) in [6.07, 6.45) is 1.88. The standard InChI is InChI=1S/C19H15N3O3/c1-25-10-5-6-13-11(7-10)19(18(24)22-13)8-16(23)21-15-4-2-3-14-17(15)12(19)9-20-14/h2-7,9,20H,8H2,1H3,(H,21,23)(H,22,24). The Kier molecular flexibility index (Phi) is 2.61. The number of aromatic nitrogens is 1. The summed E-state index contributed by atoms with van der Waals surface area (Å²) in [5.41, 5.74) is 2.83. The Bertz CT molecular complexity index is 1070. The zero-order valence-corrected chi connectivity index (χ0v) is 13.5. The van der Waals surface area contributed by atoms with E-state index in [0.717, 1.165) is 27.7 Å². The molecule has 1 spiro atoms. The van der Waals surface area contributed by atoms with E-state index in [9.17, 15) is 9.59 Å². The number of H-pyrrole nitrogens is 1. The zero-order chi connectivity index (χ0) is 17.2. The summed E-state index contributed by atoms with van der Waals surface area (Å²) in [5, 5.41) is 6.74. The van der Waals surface area contributed by atoms with E-state index >= 15 is 0 Å². The van der Waals surface area contributed by atoms with E-state index in [2.05, 4.69) is 15.6 Å². The van der Waals surface area contributed by atoms with Crippen molar-refractivity contribution in [1.82, 2.24) is 4.98 Å². The van der Waals surface area contributed by atoms with Gasteiger partial charge in [0.15, 0.2) is 0 Å². The van der Waals surface area contributed by atoms with Crippen LogP contribution in [-0.4, -0.2) is 23.9 Å². The Morgan fingerprint density at radius 2 is 1.92 bits per heavy atom. The van der Waals surface area contributed by atoms with Gasteiger partial charge in [-0.3, -0.25) is 9.59 Å². The van der Waals surface area contributed by atoms with Crippen LogP contribution in [0.5, 0.6) is 5.75 Å². The third kappa shape index (κ3) is 1.68. The molecular formula is C19H15N3O3. The van der Waals surface area contributed by atoms with Crippen molar-refractivity contribution in [3.05, 3.63) is 53.7 Å². The fourth-order valence-corrected chi connectivity index (χ4v) is 4.06. The van der Waals surface area contributed by atoms with Gasteiger partial charge in [0.2, 0.25) is 11.8 Å². The highest BCUT2D eigenvalue weighted by atomic mass is 16.5. The highest BCUT2D eigenvalue weighted by molar-refractivity contribution is 6.17. The number of nitrogens with one attached hydrogen (secondary N) is 3. The Labute approximate surface area is 143 Å². The number of hydrogen-bond acceptors (Lipinski definition) is 3. The minimum atomic E-state index is -1.07. The molecule has 6 nitrogen and oxygen atoms in total. The smallest absolute Gasteiger partial charge is 0.240 e. The lowest BCUT2D eigenvalue weighted by molar-refractivity contribution is -0.124. The van der Waals surface area contributed by atoms with Crippen LogP contribution in [0, 0.1) is 0 Å². The molecule has 0 saturated heterocycles.